The van der Waals surface area contributed by atoms with Crippen LogP contribution in [-0.4, -0.2) is 51.6 Å². The van der Waals surface area contributed by atoms with Crippen LogP contribution in [0.2, 0.25) is 0 Å². The molecule has 0 spiro atoms. The first-order valence-electron chi connectivity index (χ1n) is 8.24. The highest BCUT2D eigenvalue weighted by molar-refractivity contribution is 5.79. The zero-order valence-electron chi connectivity index (χ0n) is 14.8. The lowest BCUT2D eigenvalue weighted by atomic mass is 10.1. The fourth-order valence-corrected chi connectivity index (χ4v) is 2.16. The fraction of sp³-hybridized carbons (Fsp3) is 0.750. The number of aliphatic imine (C=N–C) groups is 1. The van der Waals surface area contributed by atoms with E-state index in [0.29, 0.717) is 26.4 Å². The van der Waals surface area contributed by atoms with E-state index in [9.17, 15) is 0 Å². The lowest BCUT2D eigenvalue weighted by Crippen LogP contribution is -2.37. The molecule has 0 amide bonds. The van der Waals surface area contributed by atoms with Crippen LogP contribution in [0.3, 0.4) is 0 Å². The lowest BCUT2D eigenvalue weighted by molar-refractivity contribution is 0.0698. The van der Waals surface area contributed by atoms with E-state index in [0.717, 1.165) is 48.8 Å². The quantitative estimate of drug-likeness (QED) is 0.364. The van der Waals surface area contributed by atoms with Gasteiger partial charge in [0.15, 0.2) is 5.96 Å². The summed E-state index contributed by atoms with van der Waals surface area (Å²) in [5.74, 6) is 1.71. The van der Waals surface area contributed by atoms with Crippen LogP contribution in [0.4, 0.5) is 0 Å². The first kappa shape index (κ1) is 19.4. The zero-order valence-corrected chi connectivity index (χ0v) is 14.8. The Hall–Kier alpha value is -1.60. The van der Waals surface area contributed by atoms with Crippen molar-refractivity contribution in [2.24, 2.45) is 4.99 Å². The topological polar surface area (TPSA) is 80.9 Å². The first-order valence-corrected chi connectivity index (χ1v) is 8.24. The molecular formula is C16H30N4O3. The molecule has 0 aliphatic heterocycles. The summed E-state index contributed by atoms with van der Waals surface area (Å²) in [6.45, 7) is 7.60. The number of guanidine groups is 1. The summed E-state index contributed by atoms with van der Waals surface area (Å²) in [5, 5.41) is 10.7. The molecule has 1 heterocycles. The van der Waals surface area contributed by atoms with Gasteiger partial charge in [-0.1, -0.05) is 19.0 Å². The molecule has 2 N–H and O–H groups in total. The van der Waals surface area contributed by atoms with E-state index in [1.54, 1.807) is 14.2 Å². The molecule has 0 aromatic carbocycles. The van der Waals surface area contributed by atoms with Gasteiger partial charge in [0, 0.05) is 45.8 Å². The number of hydrogen-bond acceptors (Lipinski definition) is 5. The van der Waals surface area contributed by atoms with Crippen molar-refractivity contribution < 1.29 is 14.0 Å². The van der Waals surface area contributed by atoms with Crippen LogP contribution in [0.1, 0.15) is 37.3 Å². The average molecular weight is 326 g/mol. The maximum atomic E-state index is 5.42. The summed E-state index contributed by atoms with van der Waals surface area (Å²) in [6.07, 6.45) is 2.62. The van der Waals surface area contributed by atoms with Gasteiger partial charge in [-0.3, -0.25) is 4.99 Å². The van der Waals surface area contributed by atoms with E-state index < -0.39 is 0 Å². The van der Waals surface area contributed by atoms with Gasteiger partial charge in [0.25, 0.3) is 0 Å². The Morgan fingerprint density at radius 1 is 1.17 bits per heavy atom. The number of nitrogens with one attached hydrogen (secondary N) is 2. The third-order valence-electron chi connectivity index (χ3n) is 3.45. The highest BCUT2D eigenvalue weighted by atomic mass is 16.5. The molecule has 132 valence electrons. The minimum atomic E-state index is 0.634. The largest absolute Gasteiger partial charge is 0.382 e. The van der Waals surface area contributed by atoms with Crippen LogP contribution in [-0.2, 0) is 28.9 Å². The smallest absolute Gasteiger partial charge is 0.191 e. The van der Waals surface area contributed by atoms with Crippen LogP contribution in [0.25, 0.3) is 0 Å². The second-order valence-electron chi connectivity index (χ2n) is 5.05. The lowest BCUT2D eigenvalue weighted by Gasteiger charge is -2.12. The summed E-state index contributed by atoms with van der Waals surface area (Å²) in [4.78, 5) is 4.23. The van der Waals surface area contributed by atoms with Crippen molar-refractivity contribution in [2.45, 2.75) is 39.7 Å². The Morgan fingerprint density at radius 3 is 2.65 bits per heavy atom. The molecule has 1 aromatic heterocycles. The molecule has 1 rings (SSSR count). The fourth-order valence-electron chi connectivity index (χ4n) is 2.16. The predicted octanol–water partition coefficient (Wildman–Crippen LogP) is 1.52. The molecule has 0 radical (unpaired) electrons. The molecule has 23 heavy (non-hydrogen) atoms. The molecule has 0 saturated carbocycles. The van der Waals surface area contributed by atoms with Gasteiger partial charge in [-0.2, -0.15) is 0 Å². The minimum absolute atomic E-state index is 0.634. The molecule has 0 bridgehead atoms. The number of ether oxygens (including phenoxy) is 2. The molecule has 7 heteroatoms. The Labute approximate surface area is 138 Å². The van der Waals surface area contributed by atoms with Gasteiger partial charge >= 0.3 is 0 Å². The molecule has 0 saturated heterocycles. The highest BCUT2D eigenvalue weighted by Gasteiger charge is 2.13. The van der Waals surface area contributed by atoms with Crippen molar-refractivity contribution in [1.29, 1.82) is 0 Å². The Bertz CT molecular complexity index is 439. The van der Waals surface area contributed by atoms with E-state index in [-0.39, 0.29) is 0 Å². The average Bonchev–Trinajstić information content (AvgIpc) is 2.98. The Kier molecular flexibility index (Phi) is 10.1. The van der Waals surface area contributed by atoms with Crippen molar-refractivity contribution in [3.63, 3.8) is 0 Å². The highest BCUT2D eigenvalue weighted by Crippen LogP contribution is 2.15. The van der Waals surface area contributed by atoms with E-state index in [4.69, 9.17) is 14.0 Å². The van der Waals surface area contributed by atoms with Crippen LogP contribution in [0.15, 0.2) is 9.52 Å². The SMILES string of the molecule is CCc1noc(CC)c1CNC(=NC)NCCCOCCOC. The van der Waals surface area contributed by atoms with Gasteiger partial charge in [-0.25, -0.2) is 0 Å². The van der Waals surface area contributed by atoms with Crippen LogP contribution in [0.5, 0.6) is 0 Å². The predicted molar refractivity (Wildman–Crippen MR) is 90.8 cm³/mol. The number of hydrogen-bond donors (Lipinski definition) is 2. The molecule has 7 nitrogen and oxygen atoms in total. The summed E-state index contributed by atoms with van der Waals surface area (Å²) in [5.41, 5.74) is 2.15. The second-order valence-corrected chi connectivity index (χ2v) is 5.05. The number of rotatable bonds is 11. The van der Waals surface area contributed by atoms with Gasteiger partial charge in [-0.05, 0) is 12.8 Å². The molecule has 0 aliphatic carbocycles. The maximum Gasteiger partial charge on any atom is 0.191 e. The van der Waals surface area contributed by atoms with Crippen molar-refractivity contribution >= 4 is 5.96 Å². The Balaban J connectivity index is 2.30. The summed E-state index contributed by atoms with van der Waals surface area (Å²) < 4.78 is 15.7. The van der Waals surface area contributed by atoms with E-state index in [1.807, 2.05) is 0 Å². The standard InChI is InChI=1S/C16H30N4O3/c1-5-14-13(15(6-2)23-20-14)12-19-16(17-3)18-8-7-9-22-11-10-21-4/h5-12H2,1-4H3,(H2,17,18,19). The van der Waals surface area contributed by atoms with E-state index in [1.165, 1.54) is 0 Å². The third-order valence-corrected chi connectivity index (χ3v) is 3.45. The molecule has 0 aliphatic rings. The van der Waals surface area contributed by atoms with Crippen LogP contribution < -0.4 is 10.6 Å². The molecule has 1 aromatic rings. The molecule has 0 atom stereocenters. The first-order chi connectivity index (χ1) is 11.3. The zero-order chi connectivity index (χ0) is 16.9. The van der Waals surface area contributed by atoms with Gasteiger partial charge < -0.3 is 24.6 Å². The van der Waals surface area contributed by atoms with Crippen molar-refractivity contribution in [2.75, 3.05) is 40.5 Å². The van der Waals surface area contributed by atoms with Crippen molar-refractivity contribution in [1.82, 2.24) is 15.8 Å². The summed E-state index contributed by atoms with van der Waals surface area (Å²) in [6, 6.07) is 0. The molecular weight excluding hydrogens is 296 g/mol. The third kappa shape index (κ3) is 7.00. The Morgan fingerprint density at radius 2 is 2.00 bits per heavy atom. The van der Waals surface area contributed by atoms with E-state index in [2.05, 4.69) is 34.6 Å². The van der Waals surface area contributed by atoms with Gasteiger partial charge in [-0.15, -0.1) is 0 Å². The monoisotopic (exact) mass is 326 g/mol. The van der Waals surface area contributed by atoms with Crippen molar-refractivity contribution in [3.8, 4) is 0 Å². The number of nitrogens with zero attached hydrogens (tertiary/aromatic N) is 2. The maximum absolute atomic E-state index is 5.42. The molecule has 0 unspecified atom stereocenters. The number of aryl methyl sites for hydroxylation is 2. The number of aromatic nitrogens is 1. The number of methoxy groups -OCH3 is 1. The van der Waals surface area contributed by atoms with Gasteiger partial charge in [0.1, 0.15) is 5.76 Å². The van der Waals surface area contributed by atoms with Crippen LogP contribution >= 0.6 is 0 Å². The van der Waals surface area contributed by atoms with Gasteiger partial charge in [0.2, 0.25) is 0 Å². The second kappa shape index (κ2) is 11.9. The normalized spacial score (nSPS) is 11.7. The van der Waals surface area contributed by atoms with E-state index >= 15 is 0 Å². The van der Waals surface area contributed by atoms with Crippen LogP contribution in [0, 0.1) is 0 Å². The van der Waals surface area contributed by atoms with Crippen molar-refractivity contribution in [3.05, 3.63) is 17.0 Å². The minimum Gasteiger partial charge on any atom is -0.382 e. The summed E-state index contributed by atoms with van der Waals surface area (Å²) in [7, 11) is 3.43. The molecule has 0 fully saturated rings. The van der Waals surface area contributed by atoms with Gasteiger partial charge in [0.05, 0.1) is 18.9 Å². The summed E-state index contributed by atoms with van der Waals surface area (Å²) >= 11 is 0.